The summed E-state index contributed by atoms with van der Waals surface area (Å²) in [5.74, 6) is 0.836. The molecule has 1 aromatic heterocycles. The lowest BCUT2D eigenvalue weighted by Crippen LogP contribution is -2.19. The molecule has 144 valence electrons. The fourth-order valence-electron chi connectivity index (χ4n) is 3.42. The third-order valence-corrected chi connectivity index (χ3v) is 5.99. The number of primary amides is 1. The fraction of sp³-hybridized carbons (Fsp3) is 0.429. The Balaban J connectivity index is 1.55. The molecule has 0 fully saturated rings. The van der Waals surface area contributed by atoms with Crippen molar-refractivity contribution >= 4 is 28.2 Å². The first-order valence-electron chi connectivity index (χ1n) is 9.37. The number of anilines is 1. The van der Waals surface area contributed by atoms with Gasteiger partial charge in [0.25, 0.3) is 5.91 Å². The highest BCUT2D eigenvalue weighted by atomic mass is 32.1. The lowest BCUT2D eigenvalue weighted by atomic mass is 9.88. The maximum Gasteiger partial charge on any atom is 0.251 e. The summed E-state index contributed by atoms with van der Waals surface area (Å²) in [5, 5.41) is 3.50. The van der Waals surface area contributed by atoms with Crippen LogP contribution >= 0.6 is 11.3 Å². The maximum absolute atomic E-state index is 12.3. The van der Waals surface area contributed by atoms with Crippen LogP contribution in [-0.2, 0) is 17.6 Å². The van der Waals surface area contributed by atoms with Gasteiger partial charge in [0.1, 0.15) is 10.8 Å². The third kappa shape index (κ3) is 4.89. The van der Waals surface area contributed by atoms with E-state index in [2.05, 4.69) is 12.2 Å². The Labute approximate surface area is 163 Å². The van der Waals surface area contributed by atoms with Crippen LogP contribution in [0, 0.1) is 12.8 Å². The van der Waals surface area contributed by atoms with Crippen molar-refractivity contribution in [3.63, 3.8) is 0 Å². The molecule has 0 aliphatic heterocycles. The van der Waals surface area contributed by atoms with Gasteiger partial charge in [0, 0.05) is 11.3 Å². The summed E-state index contributed by atoms with van der Waals surface area (Å²) in [4.78, 5) is 25.4. The van der Waals surface area contributed by atoms with Gasteiger partial charge in [-0.25, -0.2) is 0 Å². The molecule has 0 spiro atoms. The number of nitrogens with one attached hydrogen (secondary N) is 1. The second-order valence-electron chi connectivity index (χ2n) is 7.24. The Morgan fingerprint density at radius 3 is 2.93 bits per heavy atom. The van der Waals surface area contributed by atoms with Gasteiger partial charge in [0.15, 0.2) is 0 Å². The van der Waals surface area contributed by atoms with E-state index in [1.807, 2.05) is 31.2 Å². The van der Waals surface area contributed by atoms with E-state index in [0.29, 0.717) is 35.9 Å². The number of aryl methyl sites for hydroxylation is 1. The summed E-state index contributed by atoms with van der Waals surface area (Å²) in [6.07, 6.45) is 3.79. The number of rotatable bonds is 7. The number of hydrogen-bond donors (Lipinski definition) is 2. The zero-order valence-corrected chi connectivity index (χ0v) is 16.7. The van der Waals surface area contributed by atoms with Gasteiger partial charge in [0.05, 0.1) is 12.2 Å². The Hall–Kier alpha value is -2.34. The van der Waals surface area contributed by atoms with Crippen LogP contribution < -0.4 is 15.8 Å². The van der Waals surface area contributed by atoms with E-state index in [1.165, 1.54) is 16.2 Å². The fourth-order valence-corrected chi connectivity index (χ4v) is 4.85. The highest BCUT2D eigenvalue weighted by Gasteiger charge is 2.27. The van der Waals surface area contributed by atoms with Gasteiger partial charge in [-0.1, -0.05) is 19.1 Å². The van der Waals surface area contributed by atoms with Crippen molar-refractivity contribution in [1.82, 2.24) is 0 Å². The molecule has 1 aliphatic rings. The number of carbonyl (C=O) groups is 2. The molecule has 1 heterocycles. The lowest BCUT2D eigenvalue weighted by Gasteiger charge is -2.18. The van der Waals surface area contributed by atoms with Gasteiger partial charge in [-0.15, -0.1) is 11.3 Å². The molecule has 2 aromatic rings. The summed E-state index contributed by atoms with van der Waals surface area (Å²) >= 11 is 1.50. The number of nitrogens with two attached hydrogens (primary N) is 1. The minimum absolute atomic E-state index is 0.114. The molecule has 2 amide bonds. The van der Waals surface area contributed by atoms with E-state index in [-0.39, 0.29) is 5.91 Å². The standard InChI is InChI=1S/C21H26N2O3S/c1-13-5-3-6-15(11-13)26-10-4-7-18(24)23-21-19(20(22)25)16-9-8-14(2)12-17(16)27-21/h3,5-6,11,14H,4,7-10,12H2,1-2H3,(H2,22,25)(H,23,24)/t14-/m0/s1. The van der Waals surface area contributed by atoms with Gasteiger partial charge < -0.3 is 15.8 Å². The summed E-state index contributed by atoms with van der Waals surface area (Å²) in [7, 11) is 0. The van der Waals surface area contributed by atoms with Crippen LogP contribution in [0.2, 0.25) is 0 Å². The van der Waals surface area contributed by atoms with Gasteiger partial charge >= 0.3 is 0 Å². The van der Waals surface area contributed by atoms with Crippen LogP contribution in [0.4, 0.5) is 5.00 Å². The second-order valence-corrected chi connectivity index (χ2v) is 8.34. The van der Waals surface area contributed by atoms with E-state index >= 15 is 0 Å². The first-order valence-corrected chi connectivity index (χ1v) is 10.2. The van der Waals surface area contributed by atoms with Crippen molar-refractivity contribution in [2.45, 2.75) is 46.0 Å². The average molecular weight is 387 g/mol. The number of ether oxygens (including phenoxy) is 1. The topological polar surface area (TPSA) is 81.4 Å². The number of carbonyl (C=O) groups excluding carboxylic acids is 2. The van der Waals surface area contributed by atoms with Crippen LogP contribution in [0.3, 0.4) is 0 Å². The smallest absolute Gasteiger partial charge is 0.251 e. The average Bonchev–Trinajstić information content (AvgIpc) is 2.95. The van der Waals surface area contributed by atoms with Crippen molar-refractivity contribution in [2.75, 3.05) is 11.9 Å². The van der Waals surface area contributed by atoms with Crippen molar-refractivity contribution in [1.29, 1.82) is 0 Å². The quantitative estimate of drug-likeness (QED) is 0.704. The number of fused-ring (bicyclic) bond motifs is 1. The monoisotopic (exact) mass is 386 g/mol. The minimum Gasteiger partial charge on any atom is -0.494 e. The molecule has 5 nitrogen and oxygen atoms in total. The predicted octanol–water partition coefficient (Wildman–Crippen LogP) is 4.08. The van der Waals surface area contributed by atoms with Crippen molar-refractivity contribution in [3.8, 4) is 5.75 Å². The molecule has 0 unspecified atom stereocenters. The zero-order chi connectivity index (χ0) is 19.4. The van der Waals surface area contributed by atoms with Crippen LogP contribution in [-0.4, -0.2) is 18.4 Å². The van der Waals surface area contributed by atoms with Gasteiger partial charge in [0.2, 0.25) is 5.91 Å². The number of amides is 2. The van der Waals surface area contributed by atoms with Crippen molar-refractivity contribution in [3.05, 3.63) is 45.8 Å². The van der Waals surface area contributed by atoms with E-state index in [9.17, 15) is 9.59 Å². The van der Waals surface area contributed by atoms with Gasteiger partial charge in [-0.2, -0.15) is 0 Å². The van der Waals surface area contributed by atoms with Gasteiger partial charge in [-0.05, 0) is 61.8 Å². The molecule has 0 saturated carbocycles. The Morgan fingerprint density at radius 1 is 1.37 bits per heavy atom. The molecule has 1 aliphatic carbocycles. The SMILES string of the molecule is Cc1cccc(OCCCC(=O)Nc2sc3c(c2C(N)=O)CC[C@H](C)C3)c1. The molecule has 6 heteroatoms. The third-order valence-electron chi connectivity index (χ3n) is 4.82. The maximum atomic E-state index is 12.3. The highest BCUT2D eigenvalue weighted by molar-refractivity contribution is 7.17. The molecule has 3 N–H and O–H groups in total. The van der Waals surface area contributed by atoms with Gasteiger partial charge in [-0.3, -0.25) is 9.59 Å². The molecule has 0 radical (unpaired) electrons. The number of thiophene rings is 1. The molecule has 1 atom stereocenters. The second kappa shape index (κ2) is 8.57. The van der Waals surface area contributed by atoms with E-state index in [1.54, 1.807) is 0 Å². The van der Waals surface area contributed by atoms with Crippen LogP contribution in [0.1, 0.15) is 52.5 Å². The summed E-state index contributed by atoms with van der Waals surface area (Å²) in [6, 6.07) is 7.83. The summed E-state index contributed by atoms with van der Waals surface area (Å²) in [6.45, 7) is 4.69. The van der Waals surface area contributed by atoms with Crippen molar-refractivity contribution < 1.29 is 14.3 Å². The number of hydrogen-bond acceptors (Lipinski definition) is 4. The van der Waals surface area contributed by atoms with E-state index in [0.717, 1.165) is 36.1 Å². The summed E-state index contributed by atoms with van der Waals surface area (Å²) in [5.41, 5.74) is 8.26. The molecule has 3 rings (SSSR count). The first kappa shape index (κ1) is 19.4. The van der Waals surface area contributed by atoms with Crippen molar-refractivity contribution in [2.24, 2.45) is 11.7 Å². The van der Waals surface area contributed by atoms with E-state index < -0.39 is 5.91 Å². The largest absolute Gasteiger partial charge is 0.494 e. The first-order chi connectivity index (χ1) is 12.9. The Bertz CT molecular complexity index is 844. The van der Waals surface area contributed by atoms with E-state index in [4.69, 9.17) is 10.5 Å². The molecule has 0 saturated heterocycles. The van der Waals surface area contributed by atoms with Crippen LogP contribution in [0.5, 0.6) is 5.75 Å². The van der Waals surface area contributed by atoms with Crippen LogP contribution in [0.25, 0.3) is 0 Å². The molecular formula is C21H26N2O3S. The zero-order valence-electron chi connectivity index (χ0n) is 15.8. The summed E-state index contributed by atoms with van der Waals surface area (Å²) < 4.78 is 5.68. The normalized spacial score (nSPS) is 15.9. The molecule has 1 aromatic carbocycles. The molecule has 27 heavy (non-hydrogen) atoms. The minimum atomic E-state index is -0.458. The predicted molar refractivity (Wildman–Crippen MR) is 109 cm³/mol. The highest BCUT2D eigenvalue weighted by Crippen LogP contribution is 2.39. The lowest BCUT2D eigenvalue weighted by molar-refractivity contribution is -0.116. The molecule has 0 bridgehead atoms. The molecular weight excluding hydrogens is 360 g/mol. The van der Waals surface area contributed by atoms with Crippen LogP contribution in [0.15, 0.2) is 24.3 Å². The Kier molecular flexibility index (Phi) is 6.16. The number of benzene rings is 1. The Morgan fingerprint density at radius 2 is 2.19 bits per heavy atom.